The average molecular weight is 419 g/mol. The zero-order valence-electron chi connectivity index (χ0n) is 18.5. The molecular weight excluding hydrogens is 388 g/mol. The summed E-state index contributed by atoms with van der Waals surface area (Å²) in [5.41, 5.74) is 4.58. The lowest BCUT2D eigenvalue weighted by atomic mass is 9.97. The molecule has 2 atom stereocenters. The van der Waals surface area contributed by atoms with E-state index in [4.69, 9.17) is 4.74 Å². The number of nitrogens with one attached hydrogen (secondary N) is 1. The summed E-state index contributed by atoms with van der Waals surface area (Å²) in [7, 11) is 2.04. The minimum absolute atomic E-state index is 0.319. The lowest BCUT2D eigenvalue weighted by molar-refractivity contribution is -0.00712. The van der Waals surface area contributed by atoms with Gasteiger partial charge in [0.1, 0.15) is 12.4 Å². The van der Waals surface area contributed by atoms with Gasteiger partial charge in [-0.25, -0.2) is 4.99 Å². The van der Waals surface area contributed by atoms with Crippen LogP contribution in [0.4, 0.5) is 5.69 Å². The minimum atomic E-state index is 0.319. The second kappa shape index (κ2) is 8.23. The van der Waals surface area contributed by atoms with E-state index in [-0.39, 0.29) is 0 Å². The Morgan fingerprint density at radius 2 is 2.19 bits per heavy atom. The second-order valence-electron chi connectivity index (χ2n) is 8.44. The molecule has 2 unspecified atom stereocenters. The number of likely N-dealkylation sites (N-methyl/N-ethyl adjacent to an activating group) is 1. The number of allylic oxidation sites excluding steroid dienone is 3. The molecule has 4 aliphatic rings. The zero-order valence-corrected chi connectivity index (χ0v) is 18.5. The maximum absolute atomic E-state index is 6.26. The molecule has 0 saturated carbocycles. The van der Waals surface area contributed by atoms with E-state index in [1.807, 2.05) is 31.7 Å². The molecule has 31 heavy (non-hydrogen) atoms. The molecule has 3 aliphatic heterocycles. The van der Waals surface area contributed by atoms with Crippen molar-refractivity contribution in [3.8, 4) is 0 Å². The lowest BCUT2D eigenvalue weighted by Crippen LogP contribution is -2.61. The van der Waals surface area contributed by atoms with Crippen LogP contribution in [0.1, 0.15) is 20.3 Å². The van der Waals surface area contributed by atoms with Crippen molar-refractivity contribution in [1.29, 1.82) is 0 Å². The van der Waals surface area contributed by atoms with E-state index >= 15 is 0 Å². The van der Waals surface area contributed by atoms with Gasteiger partial charge < -0.3 is 19.9 Å². The molecule has 1 aromatic rings. The Morgan fingerprint density at radius 3 is 3.00 bits per heavy atom. The average Bonchev–Trinajstić information content (AvgIpc) is 2.81. The van der Waals surface area contributed by atoms with Crippen LogP contribution in [-0.4, -0.2) is 66.1 Å². The van der Waals surface area contributed by atoms with Gasteiger partial charge in [0.2, 0.25) is 5.96 Å². The van der Waals surface area contributed by atoms with Crippen LogP contribution in [0.2, 0.25) is 0 Å². The highest BCUT2D eigenvalue weighted by Gasteiger charge is 2.39. The lowest BCUT2D eigenvalue weighted by Gasteiger charge is -2.49. The van der Waals surface area contributed by atoms with Crippen LogP contribution in [0.5, 0.6) is 0 Å². The summed E-state index contributed by atoms with van der Waals surface area (Å²) >= 11 is 0. The third kappa shape index (κ3) is 3.74. The van der Waals surface area contributed by atoms with E-state index in [0.29, 0.717) is 12.1 Å². The van der Waals surface area contributed by atoms with Crippen molar-refractivity contribution < 1.29 is 4.74 Å². The number of hydrogen-bond acceptors (Lipinski definition) is 7. The van der Waals surface area contributed by atoms with Crippen molar-refractivity contribution in [1.82, 2.24) is 20.1 Å². The number of aliphatic imine (C=N–C) groups is 1. The molecule has 7 heteroatoms. The topological polar surface area (TPSA) is 56.2 Å². The van der Waals surface area contributed by atoms with Crippen molar-refractivity contribution in [2.45, 2.75) is 32.4 Å². The maximum Gasteiger partial charge on any atom is 0.207 e. The van der Waals surface area contributed by atoms with Gasteiger partial charge in [0.15, 0.2) is 0 Å². The molecule has 0 spiro atoms. The number of aromatic nitrogens is 1. The van der Waals surface area contributed by atoms with E-state index in [9.17, 15) is 0 Å². The van der Waals surface area contributed by atoms with Gasteiger partial charge in [-0.15, -0.1) is 0 Å². The maximum atomic E-state index is 6.26. The number of nitrogens with zero attached hydrogens (tertiary/aromatic N) is 5. The third-order valence-electron chi connectivity index (χ3n) is 6.56. The van der Waals surface area contributed by atoms with E-state index < -0.39 is 0 Å². The number of hydrogen-bond donors (Lipinski definition) is 1. The Kier molecular flexibility index (Phi) is 5.28. The number of pyridine rings is 1. The first kappa shape index (κ1) is 19.9. The standard InChI is InChI=1S/C24H30N6O/c1-4-21-17(2)13-26-24(28(21)3)27-18-7-8-22-23(12-18)31-16-20-15-29(10-11-30(20)22)19-6-5-9-25-14-19/h4-7,9,12-14,20,22H,8,10-11,15-16H2,1-3H3,(H,26,27)/b21-4+. The van der Waals surface area contributed by atoms with E-state index in [1.165, 1.54) is 17.0 Å². The number of ether oxygens (including phenoxy) is 1. The number of morpholine rings is 1. The van der Waals surface area contributed by atoms with Gasteiger partial charge in [-0.2, -0.15) is 0 Å². The smallest absolute Gasteiger partial charge is 0.207 e. The molecule has 1 aliphatic carbocycles. The summed E-state index contributed by atoms with van der Waals surface area (Å²) in [6, 6.07) is 4.86. The van der Waals surface area contributed by atoms with Gasteiger partial charge in [0.05, 0.1) is 24.0 Å². The molecule has 1 aromatic heterocycles. The number of anilines is 1. The Labute approximate surface area is 184 Å². The Balaban J connectivity index is 1.26. The van der Waals surface area contributed by atoms with Crippen LogP contribution in [0.3, 0.4) is 0 Å². The van der Waals surface area contributed by atoms with Crippen LogP contribution in [0.25, 0.3) is 0 Å². The highest BCUT2D eigenvalue weighted by molar-refractivity contribution is 5.86. The van der Waals surface area contributed by atoms with Crippen LogP contribution in [0.15, 0.2) is 76.7 Å². The summed E-state index contributed by atoms with van der Waals surface area (Å²) in [5, 5.41) is 3.49. The number of rotatable bonds is 2. The Hall–Kier alpha value is -3.06. The molecule has 4 heterocycles. The van der Waals surface area contributed by atoms with E-state index in [0.717, 1.165) is 50.1 Å². The molecule has 1 N–H and O–H groups in total. The Bertz CT molecular complexity index is 993. The number of piperazine rings is 1. The SMILES string of the molecule is C/C=C1\C(C)=CN=C(NC2=CCC3C(=C2)OCC2CN(c4cccnc4)CCN23)N1C. The molecule has 0 bridgehead atoms. The highest BCUT2D eigenvalue weighted by atomic mass is 16.5. The summed E-state index contributed by atoms with van der Waals surface area (Å²) in [6.45, 7) is 7.88. The molecule has 0 radical (unpaired) electrons. The fourth-order valence-corrected chi connectivity index (χ4v) is 4.94. The first-order valence-electron chi connectivity index (χ1n) is 11.0. The van der Waals surface area contributed by atoms with Gasteiger partial charge in [-0.05, 0) is 38.0 Å². The van der Waals surface area contributed by atoms with E-state index in [2.05, 4.69) is 68.1 Å². The molecule has 5 rings (SSSR count). The monoisotopic (exact) mass is 418 g/mol. The highest BCUT2D eigenvalue weighted by Crippen LogP contribution is 2.32. The predicted octanol–water partition coefficient (Wildman–Crippen LogP) is 2.84. The Morgan fingerprint density at radius 1 is 1.29 bits per heavy atom. The zero-order chi connectivity index (χ0) is 21.4. The minimum Gasteiger partial charge on any atom is -0.494 e. The van der Waals surface area contributed by atoms with Gasteiger partial charge in [0, 0.05) is 56.5 Å². The van der Waals surface area contributed by atoms with Gasteiger partial charge >= 0.3 is 0 Å². The first-order chi connectivity index (χ1) is 15.1. The molecular formula is C24H30N6O. The fourth-order valence-electron chi connectivity index (χ4n) is 4.94. The number of guanidine groups is 1. The van der Waals surface area contributed by atoms with Crippen LogP contribution in [-0.2, 0) is 4.74 Å². The summed E-state index contributed by atoms with van der Waals surface area (Å²) in [6.07, 6.45) is 13.2. The molecule has 0 aromatic carbocycles. The van der Waals surface area contributed by atoms with Crippen molar-refractivity contribution in [2.24, 2.45) is 4.99 Å². The van der Waals surface area contributed by atoms with Gasteiger partial charge in [-0.1, -0.05) is 12.2 Å². The van der Waals surface area contributed by atoms with Crippen molar-refractivity contribution >= 4 is 11.6 Å². The normalized spacial score (nSPS) is 27.4. The van der Waals surface area contributed by atoms with E-state index in [1.54, 1.807) is 0 Å². The molecule has 0 amide bonds. The number of fused-ring (bicyclic) bond motifs is 3. The largest absolute Gasteiger partial charge is 0.494 e. The van der Waals surface area contributed by atoms with Crippen molar-refractivity contribution in [2.75, 3.05) is 38.2 Å². The van der Waals surface area contributed by atoms with Gasteiger partial charge in [0.25, 0.3) is 0 Å². The van der Waals surface area contributed by atoms with Crippen LogP contribution >= 0.6 is 0 Å². The summed E-state index contributed by atoms with van der Waals surface area (Å²) in [5.74, 6) is 1.90. The van der Waals surface area contributed by atoms with Crippen molar-refractivity contribution in [3.63, 3.8) is 0 Å². The first-order valence-corrected chi connectivity index (χ1v) is 11.0. The molecule has 162 valence electrons. The fraction of sp³-hybridized carbons (Fsp3) is 0.417. The summed E-state index contributed by atoms with van der Waals surface area (Å²) < 4.78 is 6.26. The molecule has 7 nitrogen and oxygen atoms in total. The van der Waals surface area contributed by atoms with Crippen molar-refractivity contribution in [3.05, 3.63) is 71.7 Å². The molecule has 2 saturated heterocycles. The second-order valence-corrected chi connectivity index (χ2v) is 8.44. The predicted molar refractivity (Wildman–Crippen MR) is 123 cm³/mol. The third-order valence-corrected chi connectivity index (χ3v) is 6.56. The quantitative estimate of drug-likeness (QED) is 0.797. The van der Waals surface area contributed by atoms with Crippen LogP contribution < -0.4 is 10.2 Å². The van der Waals surface area contributed by atoms with Crippen LogP contribution in [0, 0.1) is 0 Å². The molecule has 2 fully saturated rings. The summed E-state index contributed by atoms with van der Waals surface area (Å²) in [4.78, 5) is 16.0. The van der Waals surface area contributed by atoms with Gasteiger partial charge in [-0.3, -0.25) is 9.88 Å².